The smallest absolute Gasteiger partial charge is 0.278 e. The average Bonchev–Trinajstić information content (AvgIpc) is 3.53. The highest BCUT2D eigenvalue weighted by Crippen LogP contribution is 2.27. The fourth-order valence-corrected chi connectivity index (χ4v) is 5.44. The predicted molar refractivity (Wildman–Crippen MR) is 156 cm³/mol. The highest BCUT2D eigenvalue weighted by molar-refractivity contribution is 7.10. The maximum Gasteiger partial charge on any atom is 0.278 e. The molecule has 1 aromatic carbocycles. The summed E-state index contributed by atoms with van der Waals surface area (Å²) in [6.07, 6.45) is 5.36. The van der Waals surface area contributed by atoms with Crippen molar-refractivity contribution in [2.24, 2.45) is 0 Å². The zero-order valence-corrected chi connectivity index (χ0v) is 22.4. The van der Waals surface area contributed by atoms with Crippen LogP contribution in [-0.2, 0) is 6.54 Å². The zero-order chi connectivity index (χ0) is 26.8. The van der Waals surface area contributed by atoms with Crippen LogP contribution in [0.5, 0.6) is 0 Å². The monoisotopic (exact) mass is 539 g/mol. The number of likely N-dealkylation sites (tertiary alicyclic amines) is 1. The van der Waals surface area contributed by atoms with Crippen LogP contribution in [0, 0.1) is 0 Å². The van der Waals surface area contributed by atoms with E-state index in [0.29, 0.717) is 35.4 Å². The van der Waals surface area contributed by atoms with Crippen molar-refractivity contribution in [3.05, 3.63) is 83.8 Å². The summed E-state index contributed by atoms with van der Waals surface area (Å²) in [5.41, 5.74) is 2.18. The number of hydrogen-bond acceptors (Lipinski definition) is 9. The molecule has 0 saturated carbocycles. The standard InChI is InChI=1S/C28H29N9OS/c1-3-14-36-27(38)21-18-29-28(32-25-17-22(34-39-25)19-8-5-4-6-9-19)33-26(21)37(36)24-11-7-10-23(31-24)30-20-12-15-35(2)16-13-20/h3-11,17-18,20H,1,12-16H2,2H3,(H,30,31)(H,29,32,33). The number of aromatic nitrogens is 6. The van der Waals surface area contributed by atoms with E-state index in [4.69, 9.17) is 9.97 Å². The van der Waals surface area contributed by atoms with Crippen molar-refractivity contribution in [3.8, 4) is 17.1 Å². The molecule has 2 N–H and O–H groups in total. The van der Waals surface area contributed by atoms with Crippen molar-refractivity contribution in [1.82, 2.24) is 33.6 Å². The zero-order valence-electron chi connectivity index (χ0n) is 21.6. The number of benzene rings is 1. The lowest BCUT2D eigenvalue weighted by molar-refractivity contribution is 0.263. The summed E-state index contributed by atoms with van der Waals surface area (Å²) in [4.78, 5) is 29.7. The lowest BCUT2D eigenvalue weighted by atomic mass is 10.1. The molecule has 6 rings (SSSR count). The lowest BCUT2D eigenvalue weighted by Gasteiger charge is -2.29. The van der Waals surface area contributed by atoms with E-state index in [1.165, 1.54) is 11.5 Å². The Balaban J connectivity index is 1.34. The summed E-state index contributed by atoms with van der Waals surface area (Å²) in [7, 11) is 2.15. The minimum Gasteiger partial charge on any atom is -0.367 e. The first-order chi connectivity index (χ1) is 19.1. The first kappa shape index (κ1) is 25.0. The van der Waals surface area contributed by atoms with Crippen molar-refractivity contribution in [3.63, 3.8) is 0 Å². The van der Waals surface area contributed by atoms with Gasteiger partial charge in [0.2, 0.25) is 5.95 Å². The van der Waals surface area contributed by atoms with Crippen LogP contribution in [0.1, 0.15) is 12.8 Å². The number of nitrogens with one attached hydrogen (secondary N) is 2. The van der Waals surface area contributed by atoms with Crippen LogP contribution in [0.25, 0.3) is 28.1 Å². The van der Waals surface area contributed by atoms with E-state index in [1.54, 1.807) is 21.6 Å². The maximum atomic E-state index is 13.3. The molecular formula is C28H29N9OS. The van der Waals surface area contributed by atoms with Gasteiger partial charge in [-0.1, -0.05) is 42.5 Å². The largest absolute Gasteiger partial charge is 0.367 e. The van der Waals surface area contributed by atoms with Crippen LogP contribution < -0.4 is 16.2 Å². The lowest BCUT2D eigenvalue weighted by Crippen LogP contribution is -2.36. The van der Waals surface area contributed by atoms with Crippen LogP contribution in [0.15, 0.2) is 78.2 Å². The van der Waals surface area contributed by atoms with Gasteiger partial charge in [-0.05, 0) is 56.6 Å². The fraction of sp³-hybridized carbons (Fsp3) is 0.250. The number of allylic oxidation sites excluding steroid dienone is 1. The van der Waals surface area contributed by atoms with Crippen LogP contribution in [0.3, 0.4) is 0 Å². The highest BCUT2D eigenvalue weighted by atomic mass is 32.1. The number of anilines is 3. The van der Waals surface area contributed by atoms with E-state index in [0.717, 1.165) is 48.0 Å². The van der Waals surface area contributed by atoms with E-state index < -0.39 is 0 Å². The van der Waals surface area contributed by atoms with Crippen molar-refractivity contribution in [2.75, 3.05) is 30.8 Å². The molecule has 4 aromatic heterocycles. The molecule has 198 valence electrons. The molecule has 0 amide bonds. The van der Waals surface area contributed by atoms with Gasteiger partial charge in [0.05, 0.1) is 12.2 Å². The third-order valence-electron chi connectivity index (χ3n) is 6.81. The van der Waals surface area contributed by atoms with Gasteiger partial charge in [0.1, 0.15) is 16.2 Å². The van der Waals surface area contributed by atoms with Crippen molar-refractivity contribution < 1.29 is 0 Å². The van der Waals surface area contributed by atoms with E-state index in [1.807, 2.05) is 54.6 Å². The summed E-state index contributed by atoms with van der Waals surface area (Å²) in [6.45, 7) is 6.25. The number of piperidine rings is 1. The van der Waals surface area contributed by atoms with Gasteiger partial charge in [0.25, 0.3) is 5.56 Å². The van der Waals surface area contributed by atoms with Gasteiger partial charge in [-0.2, -0.15) is 9.36 Å². The Morgan fingerprint density at radius 1 is 1.10 bits per heavy atom. The molecule has 0 atom stereocenters. The Morgan fingerprint density at radius 3 is 2.72 bits per heavy atom. The average molecular weight is 540 g/mol. The molecule has 10 nitrogen and oxygen atoms in total. The van der Waals surface area contributed by atoms with Gasteiger partial charge in [-0.3, -0.25) is 4.79 Å². The van der Waals surface area contributed by atoms with Crippen LogP contribution in [0.2, 0.25) is 0 Å². The molecule has 1 saturated heterocycles. The second-order valence-electron chi connectivity index (χ2n) is 9.59. The van der Waals surface area contributed by atoms with E-state index in [-0.39, 0.29) is 5.56 Å². The van der Waals surface area contributed by atoms with Crippen molar-refractivity contribution in [1.29, 1.82) is 0 Å². The Kier molecular flexibility index (Phi) is 6.91. The normalized spacial score (nSPS) is 14.5. The fourth-order valence-electron chi connectivity index (χ4n) is 4.78. The summed E-state index contributed by atoms with van der Waals surface area (Å²) in [6, 6.07) is 18.1. The maximum absolute atomic E-state index is 13.3. The molecule has 0 aliphatic carbocycles. The number of rotatable bonds is 8. The number of pyridine rings is 1. The minimum absolute atomic E-state index is 0.198. The second-order valence-corrected chi connectivity index (χ2v) is 10.4. The van der Waals surface area contributed by atoms with E-state index >= 15 is 0 Å². The molecule has 0 bridgehead atoms. The Hall–Kier alpha value is -4.35. The molecule has 0 radical (unpaired) electrons. The molecule has 11 heteroatoms. The molecule has 5 heterocycles. The van der Waals surface area contributed by atoms with Gasteiger partial charge in [0, 0.05) is 23.9 Å². The number of hydrogen-bond donors (Lipinski definition) is 2. The summed E-state index contributed by atoms with van der Waals surface area (Å²) in [5.74, 6) is 1.73. The molecule has 1 aliphatic rings. The molecule has 39 heavy (non-hydrogen) atoms. The van der Waals surface area contributed by atoms with Crippen LogP contribution in [-0.4, -0.2) is 59.8 Å². The molecule has 0 spiro atoms. The van der Waals surface area contributed by atoms with E-state index in [9.17, 15) is 4.79 Å². The Morgan fingerprint density at radius 2 is 1.92 bits per heavy atom. The Bertz CT molecular complexity index is 1670. The minimum atomic E-state index is -0.198. The van der Waals surface area contributed by atoms with Gasteiger partial charge >= 0.3 is 0 Å². The number of fused-ring (bicyclic) bond motifs is 1. The quantitative estimate of drug-likeness (QED) is 0.277. The summed E-state index contributed by atoms with van der Waals surface area (Å²) >= 11 is 1.33. The SMILES string of the molecule is C=CCn1c(=O)c2cnc(Nc3cc(-c4ccccc4)ns3)nc2n1-c1cccc(NC2CCN(C)CC2)n1. The topological polar surface area (TPSA) is 106 Å². The third-order valence-corrected chi connectivity index (χ3v) is 7.52. The van der Waals surface area contributed by atoms with Gasteiger partial charge in [-0.15, -0.1) is 6.58 Å². The molecule has 0 unspecified atom stereocenters. The van der Waals surface area contributed by atoms with E-state index in [2.05, 4.69) is 38.5 Å². The summed E-state index contributed by atoms with van der Waals surface area (Å²) < 4.78 is 7.87. The molecule has 5 aromatic rings. The third kappa shape index (κ3) is 5.18. The summed E-state index contributed by atoms with van der Waals surface area (Å²) in [5, 5.41) is 8.03. The molecular weight excluding hydrogens is 510 g/mol. The molecule has 1 fully saturated rings. The first-order valence-corrected chi connectivity index (χ1v) is 13.7. The number of nitrogens with zero attached hydrogens (tertiary/aromatic N) is 7. The van der Waals surface area contributed by atoms with Gasteiger partial charge in [-0.25, -0.2) is 19.3 Å². The predicted octanol–water partition coefficient (Wildman–Crippen LogP) is 4.54. The Labute approximate surface area is 229 Å². The first-order valence-electron chi connectivity index (χ1n) is 12.9. The second kappa shape index (κ2) is 10.8. The van der Waals surface area contributed by atoms with Crippen molar-refractivity contribution in [2.45, 2.75) is 25.4 Å². The van der Waals surface area contributed by atoms with Crippen LogP contribution in [0.4, 0.5) is 16.8 Å². The van der Waals surface area contributed by atoms with Crippen molar-refractivity contribution >= 4 is 39.3 Å². The van der Waals surface area contributed by atoms with Crippen LogP contribution >= 0.6 is 11.5 Å². The van der Waals surface area contributed by atoms with Gasteiger partial charge < -0.3 is 15.5 Å². The van der Waals surface area contributed by atoms with Gasteiger partial charge in [0.15, 0.2) is 11.5 Å². The highest BCUT2D eigenvalue weighted by Gasteiger charge is 2.20. The molecule has 1 aliphatic heterocycles.